The fourth-order valence-corrected chi connectivity index (χ4v) is 3.65. The zero-order chi connectivity index (χ0) is 20.0. The summed E-state index contributed by atoms with van der Waals surface area (Å²) < 4.78 is 11.9. The van der Waals surface area contributed by atoms with Crippen LogP contribution in [-0.2, 0) is 23.1 Å². The summed E-state index contributed by atoms with van der Waals surface area (Å²) in [4.78, 5) is 24.9. The first-order valence-electron chi connectivity index (χ1n) is 8.38. The highest BCUT2D eigenvalue weighted by molar-refractivity contribution is 7.80. The Morgan fingerprint density at radius 1 is 1.26 bits per heavy atom. The van der Waals surface area contributed by atoms with Gasteiger partial charge >= 0.3 is 11.9 Å². The number of hydrogen-bond donors (Lipinski definition) is 2. The van der Waals surface area contributed by atoms with Crippen LogP contribution in [0, 0.1) is 6.92 Å². The molecule has 0 radical (unpaired) electrons. The van der Waals surface area contributed by atoms with E-state index in [-0.39, 0.29) is 18.8 Å². The number of nitrogens with zero attached hydrogens (tertiary/aromatic N) is 2. The summed E-state index contributed by atoms with van der Waals surface area (Å²) in [6.45, 7) is 6.03. The predicted octanol–water partition coefficient (Wildman–Crippen LogP) is 2.63. The number of nitrogens with one attached hydrogen (secondary N) is 2. The van der Waals surface area contributed by atoms with Crippen LogP contribution in [0.1, 0.15) is 45.1 Å². The quantitative estimate of drug-likeness (QED) is 0.531. The number of ether oxygens (including phenoxy) is 2. The second-order valence-electron chi connectivity index (χ2n) is 5.49. The molecule has 146 valence electrons. The molecule has 0 saturated heterocycles. The number of esters is 2. The molecule has 0 unspecified atom stereocenters. The molecule has 2 aromatic rings. The minimum Gasteiger partial charge on any atom is -0.462 e. The van der Waals surface area contributed by atoms with Crippen molar-refractivity contribution in [3.05, 3.63) is 34.0 Å². The van der Waals surface area contributed by atoms with Gasteiger partial charge in [-0.1, -0.05) is 0 Å². The minimum absolute atomic E-state index is 0.227. The summed E-state index contributed by atoms with van der Waals surface area (Å²) in [5, 5.41) is 11.0. The molecule has 0 spiro atoms. The van der Waals surface area contributed by atoms with Gasteiger partial charge < -0.3 is 20.1 Å². The van der Waals surface area contributed by atoms with E-state index >= 15 is 0 Å². The van der Waals surface area contributed by atoms with Gasteiger partial charge in [0.1, 0.15) is 9.88 Å². The SMILES string of the molecule is CCOC(=O)c1sc(NC(=S)NCc2ccn(C)n2)c(C(=O)OCC)c1C. The number of carbonyl (C=O) groups excluding carboxylic acids is 2. The van der Waals surface area contributed by atoms with Crippen molar-refractivity contribution >= 4 is 45.6 Å². The lowest BCUT2D eigenvalue weighted by atomic mass is 10.1. The number of hydrogen-bond acceptors (Lipinski definition) is 7. The van der Waals surface area contributed by atoms with Crippen molar-refractivity contribution in [2.24, 2.45) is 7.05 Å². The fraction of sp³-hybridized carbons (Fsp3) is 0.412. The molecule has 0 atom stereocenters. The van der Waals surface area contributed by atoms with Gasteiger partial charge in [-0.3, -0.25) is 4.68 Å². The molecule has 2 aromatic heterocycles. The van der Waals surface area contributed by atoms with Gasteiger partial charge in [-0.2, -0.15) is 5.10 Å². The van der Waals surface area contributed by atoms with Crippen LogP contribution in [0.2, 0.25) is 0 Å². The highest BCUT2D eigenvalue weighted by atomic mass is 32.1. The zero-order valence-corrected chi connectivity index (χ0v) is 17.3. The molecule has 0 bridgehead atoms. The highest BCUT2D eigenvalue weighted by Gasteiger charge is 2.26. The first-order valence-corrected chi connectivity index (χ1v) is 9.60. The van der Waals surface area contributed by atoms with E-state index in [2.05, 4.69) is 15.7 Å². The van der Waals surface area contributed by atoms with Crippen LogP contribution < -0.4 is 10.6 Å². The molecule has 2 heterocycles. The van der Waals surface area contributed by atoms with Crippen molar-refractivity contribution in [1.29, 1.82) is 0 Å². The Morgan fingerprint density at radius 3 is 2.52 bits per heavy atom. The summed E-state index contributed by atoms with van der Waals surface area (Å²) in [5.74, 6) is -0.997. The third-order valence-electron chi connectivity index (χ3n) is 3.51. The predicted molar refractivity (Wildman–Crippen MR) is 107 cm³/mol. The largest absolute Gasteiger partial charge is 0.462 e. The van der Waals surface area contributed by atoms with Crippen LogP contribution in [0.3, 0.4) is 0 Å². The number of anilines is 1. The molecule has 27 heavy (non-hydrogen) atoms. The lowest BCUT2D eigenvalue weighted by Gasteiger charge is -2.10. The molecule has 8 nitrogen and oxygen atoms in total. The Hall–Kier alpha value is -2.46. The summed E-state index contributed by atoms with van der Waals surface area (Å²) in [6.07, 6.45) is 1.83. The van der Waals surface area contributed by atoms with Crippen LogP contribution >= 0.6 is 23.6 Å². The van der Waals surface area contributed by atoms with E-state index in [9.17, 15) is 9.59 Å². The second-order valence-corrected chi connectivity index (χ2v) is 6.92. The number of aromatic nitrogens is 2. The van der Waals surface area contributed by atoms with Gasteiger partial charge in [0.15, 0.2) is 5.11 Å². The standard InChI is InChI=1S/C17H22N4O4S2/c1-5-24-15(22)12-10(3)13(16(23)25-6-2)27-14(12)19-17(26)18-9-11-7-8-21(4)20-11/h7-8H,5-6,9H2,1-4H3,(H2,18,19,26). The van der Waals surface area contributed by atoms with Gasteiger partial charge in [-0.25, -0.2) is 9.59 Å². The maximum absolute atomic E-state index is 12.4. The van der Waals surface area contributed by atoms with E-state index in [1.54, 1.807) is 25.5 Å². The average molecular weight is 411 g/mol. The van der Waals surface area contributed by atoms with Crippen LogP contribution in [-0.4, -0.2) is 40.0 Å². The van der Waals surface area contributed by atoms with Crippen molar-refractivity contribution in [1.82, 2.24) is 15.1 Å². The minimum atomic E-state index is -0.517. The van der Waals surface area contributed by atoms with Gasteiger partial charge in [0.05, 0.1) is 31.0 Å². The van der Waals surface area contributed by atoms with Crippen molar-refractivity contribution in [2.75, 3.05) is 18.5 Å². The molecule has 2 N–H and O–H groups in total. The summed E-state index contributed by atoms with van der Waals surface area (Å²) in [7, 11) is 1.83. The Labute approximate surface area is 166 Å². The number of thiophene rings is 1. The van der Waals surface area contributed by atoms with E-state index in [4.69, 9.17) is 21.7 Å². The molecule has 0 saturated carbocycles. The first-order chi connectivity index (χ1) is 12.9. The Bertz CT molecular complexity index is 844. The van der Waals surface area contributed by atoms with Gasteiger partial charge in [-0.15, -0.1) is 11.3 Å². The van der Waals surface area contributed by atoms with Crippen LogP contribution in [0.25, 0.3) is 0 Å². The molecular weight excluding hydrogens is 388 g/mol. The Morgan fingerprint density at radius 2 is 1.93 bits per heavy atom. The molecule has 0 aliphatic rings. The molecule has 0 fully saturated rings. The third kappa shape index (κ3) is 5.27. The third-order valence-corrected chi connectivity index (χ3v) is 4.95. The zero-order valence-electron chi connectivity index (χ0n) is 15.6. The van der Waals surface area contributed by atoms with E-state index in [0.29, 0.717) is 27.1 Å². The summed E-state index contributed by atoms with van der Waals surface area (Å²) in [5.41, 5.74) is 1.61. The van der Waals surface area contributed by atoms with E-state index < -0.39 is 11.9 Å². The Balaban J connectivity index is 2.19. The average Bonchev–Trinajstić information content (AvgIpc) is 3.16. The normalized spacial score (nSPS) is 10.4. The lowest BCUT2D eigenvalue weighted by Crippen LogP contribution is -2.28. The van der Waals surface area contributed by atoms with Crippen LogP contribution in [0.5, 0.6) is 0 Å². The number of aryl methyl sites for hydroxylation is 1. The molecule has 0 aliphatic heterocycles. The maximum atomic E-state index is 12.4. The van der Waals surface area contributed by atoms with Crippen molar-refractivity contribution in [3.8, 4) is 0 Å². The summed E-state index contributed by atoms with van der Waals surface area (Å²) in [6, 6.07) is 1.87. The first kappa shape index (κ1) is 20.8. The molecule has 0 aromatic carbocycles. The van der Waals surface area contributed by atoms with Gasteiger partial charge in [-0.05, 0) is 44.6 Å². The molecule has 0 amide bonds. The number of carbonyl (C=O) groups is 2. The monoisotopic (exact) mass is 410 g/mol. The summed E-state index contributed by atoms with van der Waals surface area (Å²) >= 11 is 6.41. The van der Waals surface area contributed by atoms with Gasteiger partial charge in [0.25, 0.3) is 0 Å². The van der Waals surface area contributed by atoms with Crippen molar-refractivity contribution in [2.45, 2.75) is 27.3 Å². The molecule has 0 aliphatic carbocycles. The van der Waals surface area contributed by atoms with E-state index in [0.717, 1.165) is 17.0 Å². The van der Waals surface area contributed by atoms with Gasteiger partial charge in [0.2, 0.25) is 0 Å². The smallest absolute Gasteiger partial charge is 0.348 e. The van der Waals surface area contributed by atoms with Crippen LogP contribution in [0.15, 0.2) is 12.3 Å². The number of thiocarbonyl (C=S) groups is 1. The molecular formula is C17H22N4O4S2. The van der Waals surface area contributed by atoms with Crippen LogP contribution in [0.4, 0.5) is 5.00 Å². The number of rotatable bonds is 7. The Kier molecular flexibility index (Phi) is 7.31. The molecule has 2 rings (SSSR count). The second kappa shape index (κ2) is 9.47. The topological polar surface area (TPSA) is 94.5 Å². The highest BCUT2D eigenvalue weighted by Crippen LogP contribution is 2.34. The fourth-order valence-electron chi connectivity index (χ4n) is 2.32. The molecule has 10 heteroatoms. The van der Waals surface area contributed by atoms with Crippen molar-refractivity contribution < 1.29 is 19.1 Å². The lowest BCUT2D eigenvalue weighted by molar-refractivity contribution is 0.0527. The van der Waals surface area contributed by atoms with E-state index in [1.165, 1.54) is 0 Å². The van der Waals surface area contributed by atoms with Gasteiger partial charge in [0, 0.05) is 13.2 Å². The maximum Gasteiger partial charge on any atom is 0.348 e. The van der Waals surface area contributed by atoms with E-state index in [1.807, 2.05) is 19.3 Å². The van der Waals surface area contributed by atoms with Crippen molar-refractivity contribution in [3.63, 3.8) is 0 Å².